The van der Waals surface area contributed by atoms with Gasteiger partial charge in [-0.25, -0.2) is 0 Å². The van der Waals surface area contributed by atoms with Crippen molar-refractivity contribution < 1.29 is 4.42 Å². The molecular weight excluding hydrogens is 150 g/mol. The number of hydrogen-bond acceptors (Lipinski definition) is 2. The highest BCUT2D eigenvalue weighted by molar-refractivity contribution is 5.90. The monoisotopic (exact) mass is 161 g/mol. The van der Waals surface area contributed by atoms with Crippen LogP contribution in [0.15, 0.2) is 28.9 Å². The molecule has 1 aromatic carbocycles. The molecule has 0 spiro atoms. The molecule has 2 N–H and O–H groups in total. The summed E-state index contributed by atoms with van der Waals surface area (Å²) >= 11 is 0. The van der Waals surface area contributed by atoms with Crippen LogP contribution in [0, 0.1) is 0 Å². The Kier molecular flexibility index (Phi) is 1.54. The minimum Gasteiger partial charge on any atom is -0.462 e. The van der Waals surface area contributed by atoms with E-state index < -0.39 is 0 Å². The zero-order chi connectivity index (χ0) is 8.55. The fraction of sp³-hybridized carbons (Fsp3) is 0.200. The van der Waals surface area contributed by atoms with Gasteiger partial charge in [0.25, 0.3) is 0 Å². The van der Waals surface area contributed by atoms with Crippen molar-refractivity contribution >= 4 is 16.7 Å². The smallest absolute Gasteiger partial charge is 0.156 e. The van der Waals surface area contributed by atoms with Gasteiger partial charge in [-0.2, -0.15) is 0 Å². The molecule has 62 valence electrons. The third-order valence-electron chi connectivity index (χ3n) is 2.12. The fourth-order valence-corrected chi connectivity index (χ4v) is 1.45. The second-order valence-electron chi connectivity index (χ2n) is 2.83. The quantitative estimate of drug-likeness (QED) is 0.653. The summed E-state index contributed by atoms with van der Waals surface area (Å²) in [6.07, 6.45) is 2.69. The van der Waals surface area contributed by atoms with E-state index in [0.29, 0.717) is 5.69 Å². The Labute approximate surface area is 71.0 Å². The lowest BCUT2D eigenvalue weighted by Crippen LogP contribution is -1.87. The van der Waals surface area contributed by atoms with Crippen molar-refractivity contribution in [3.63, 3.8) is 0 Å². The van der Waals surface area contributed by atoms with E-state index in [0.717, 1.165) is 17.4 Å². The second-order valence-corrected chi connectivity index (χ2v) is 2.83. The van der Waals surface area contributed by atoms with E-state index in [1.54, 1.807) is 6.26 Å². The molecule has 0 fully saturated rings. The predicted molar refractivity (Wildman–Crippen MR) is 50.0 cm³/mol. The van der Waals surface area contributed by atoms with Crippen molar-refractivity contribution in [2.75, 3.05) is 5.73 Å². The maximum Gasteiger partial charge on any atom is 0.156 e. The van der Waals surface area contributed by atoms with E-state index in [2.05, 4.69) is 6.92 Å². The van der Waals surface area contributed by atoms with Crippen molar-refractivity contribution in [2.24, 2.45) is 0 Å². The van der Waals surface area contributed by atoms with Crippen LogP contribution in [0.25, 0.3) is 11.0 Å². The van der Waals surface area contributed by atoms with Crippen LogP contribution in [0.4, 0.5) is 5.69 Å². The van der Waals surface area contributed by atoms with Gasteiger partial charge >= 0.3 is 0 Å². The lowest BCUT2D eigenvalue weighted by Gasteiger charge is -1.99. The third-order valence-corrected chi connectivity index (χ3v) is 2.12. The summed E-state index contributed by atoms with van der Waals surface area (Å²) in [6, 6.07) is 5.91. The highest BCUT2D eigenvalue weighted by atomic mass is 16.3. The maximum atomic E-state index is 5.73. The van der Waals surface area contributed by atoms with Gasteiger partial charge in [0.15, 0.2) is 5.58 Å². The van der Waals surface area contributed by atoms with Crippen LogP contribution in [0.5, 0.6) is 0 Å². The summed E-state index contributed by atoms with van der Waals surface area (Å²) in [5.74, 6) is 0. The highest BCUT2D eigenvalue weighted by Gasteiger charge is 2.04. The largest absolute Gasteiger partial charge is 0.462 e. The first kappa shape index (κ1) is 7.22. The molecule has 0 aliphatic rings. The molecule has 0 amide bonds. The summed E-state index contributed by atoms with van der Waals surface area (Å²) in [7, 11) is 0. The normalized spacial score (nSPS) is 10.8. The first-order chi connectivity index (χ1) is 5.83. The molecule has 2 nitrogen and oxygen atoms in total. The van der Waals surface area contributed by atoms with Crippen LogP contribution < -0.4 is 5.73 Å². The van der Waals surface area contributed by atoms with Gasteiger partial charge in [0.2, 0.25) is 0 Å². The van der Waals surface area contributed by atoms with E-state index in [9.17, 15) is 0 Å². The minimum atomic E-state index is 0.715. The first-order valence-corrected chi connectivity index (χ1v) is 4.07. The lowest BCUT2D eigenvalue weighted by molar-refractivity contribution is 0.617. The summed E-state index contributed by atoms with van der Waals surface area (Å²) in [5.41, 5.74) is 8.54. The molecule has 0 atom stereocenters. The van der Waals surface area contributed by atoms with Gasteiger partial charge in [-0.1, -0.05) is 13.0 Å². The number of anilines is 1. The number of nitrogens with two attached hydrogens (primary N) is 1. The Morgan fingerprint density at radius 3 is 2.92 bits per heavy atom. The molecule has 2 rings (SSSR count). The highest BCUT2D eigenvalue weighted by Crippen LogP contribution is 2.25. The van der Waals surface area contributed by atoms with Gasteiger partial charge in [0.1, 0.15) is 0 Å². The number of furan rings is 1. The standard InChI is InChI=1S/C10H11NO/c1-2-7-3-4-9(11)10-8(7)5-6-12-10/h3-6H,2,11H2,1H3. The zero-order valence-corrected chi connectivity index (χ0v) is 7.00. The summed E-state index contributed by atoms with van der Waals surface area (Å²) < 4.78 is 5.27. The Bertz CT molecular complexity index is 403. The molecule has 2 aromatic rings. The number of benzene rings is 1. The number of rotatable bonds is 1. The van der Waals surface area contributed by atoms with Gasteiger partial charge in [-0.05, 0) is 24.1 Å². The molecule has 0 aliphatic carbocycles. The first-order valence-electron chi connectivity index (χ1n) is 4.07. The van der Waals surface area contributed by atoms with E-state index in [1.165, 1.54) is 5.56 Å². The average molecular weight is 161 g/mol. The molecule has 1 aromatic heterocycles. The fourth-order valence-electron chi connectivity index (χ4n) is 1.45. The lowest BCUT2D eigenvalue weighted by atomic mass is 10.1. The van der Waals surface area contributed by atoms with Gasteiger partial charge in [0.05, 0.1) is 12.0 Å². The van der Waals surface area contributed by atoms with E-state index >= 15 is 0 Å². The Morgan fingerprint density at radius 2 is 2.17 bits per heavy atom. The molecule has 0 bridgehead atoms. The van der Waals surface area contributed by atoms with Crippen molar-refractivity contribution in [3.8, 4) is 0 Å². The van der Waals surface area contributed by atoms with E-state index in [4.69, 9.17) is 10.2 Å². The van der Waals surface area contributed by atoms with Crippen LogP contribution >= 0.6 is 0 Å². The predicted octanol–water partition coefficient (Wildman–Crippen LogP) is 2.58. The van der Waals surface area contributed by atoms with Crippen LogP contribution in [-0.4, -0.2) is 0 Å². The molecule has 0 unspecified atom stereocenters. The van der Waals surface area contributed by atoms with Gasteiger partial charge < -0.3 is 10.2 Å². The van der Waals surface area contributed by atoms with Crippen LogP contribution in [0.2, 0.25) is 0 Å². The van der Waals surface area contributed by atoms with Crippen LogP contribution in [0.3, 0.4) is 0 Å². The van der Waals surface area contributed by atoms with E-state index in [-0.39, 0.29) is 0 Å². The zero-order valence-electron chi connectivity index (χ0n) is 7.00. The molecule has 2 heteroatoms. The molecule has 0 radical (unpaired) electrons. The van der Waals surface area contributed by atoms with E-state index in [1.807, 2.05) is 18.2 Å². The van der Waals surface area contributed by atoms with Crippen LogP contribution in [0.1, 0.15) is 12.5 Å². The number of nitrogen functional groups attached to an aromatic ring is 1. The minimum absolute atomic E-state index is 0.715. The summed E-state index contributed by atoms with van der Waals surface area (Å²) in [5, 5.41) is 1.14. The molecule has 0 saturated carbocycles. The Hall–Kier alpha value is -1.44. The number of hydrogen-bond donors (Lipinski definition) is 1. The van der Waals surface area contributed by atoms with Gasteiger partial charge in [-0.15, -0.1) is 0 Å². The third kappa shape index (κ3) is 0.881. The van der Waals surface area contributed by atoms with Gasteiger partial charge in [-0.3, -0.25) is 0 Å². The number of fused-ring (bicyclic) bond motifs is 1. The van der Waals surface area contributed by atoms with Crippen molar-refractivity contribution in [3.05, 3.63) is 30.0 Å². The topological polar surface area (TPSA) is 39.2 Å². The van der Waals surface area contributed by atoms with Crippen molar-refractivity contribution in [1.29, 1.82) is 0 Å². The molecule has 1 heterocycles. The number of aryl methyl sites for hydroxylation is 1. The molecule has 12 heavy (non-hydrogen) atoms. The summed E-state index contributed by atoms with van der Waals surface area (Å²) in [4.78, 5) is 0. The molecular formula is C10H11NO. The molecule has 0 saturated heterocycles. The van der Waals surface area contributed by atoms with Crippen molar-refractivity contribution in [2.45, 2.75) is 13.3 Å². The Morgan fingerprint density at radius 1 is 1.33 bits per heavy atom. The maximum absolute atomic E-state index is 5.73. The SMILES string of the molecule is CCc1ccc(N)c2occc12. The van der Waals surface area contributed by atoms with Gasteiger partial charge in [0, 0.05) is 5.39 Å². The Balaban J connectivity index is 2.82. The average Bonchev–Trinajstić information content (AvgIpc) is 2.54. The molecule has 0 aliphatic heterocycles. The second kappa shape index (κ2) is 2.55. The van der Waals surface area contributed by atoms with Crippen molar-refractivity contribution in [1.82, 2.24) is 0 Å². The van der Waals surface area contributed by atoms with Crippen LogP contribution in [-0.2, 0) is 6.42 Å². The summed E-state index contributed by atoms with van der Waals surface area (Å²) in [6.45, 7) is 2.12.